The molecule has 32 heavy (non-hydrogen) atoms. The average molecular weight is 439 g/mol. The Labute approximate surface area is 190 Å². The first-order chi connectivity index (χ1) is 15.6. The third-order valence-corrected chi connectivity index (χ3v) is 5.85. The number of rotatable bonds is 12. The molecule has 2 atom stereocenters. The number of nitrogens with zero attached hydrogens (tertiary/aromatic N) is 2. The number of ether oxygens (including phenoxy) is 2. The second-order valence-corrected chi connectivity index (χ2v) is 8.52. The van der Waals surface area contributed by atoms with Gasteiger partial charge in [-0.1, -0.05) is 52.4 Å². The highest BCUT2D eigenvalue weighted by Crippen LogP contribution is 2.27. The molecule has 0 aliphatic carbocycles. The minimum absolute atomic E-state index is 0.207. The minimum atomic E-state index is -0.818. The number of carbonyl (C=O) groups is 2. The van der Waals surface area contributed by atoms with Gasteiger partial charge in [-0.15, -0.1) is 0 Å². The average Bonchev–Trinajstić information content (AvgIpc) is 3.18. The lowest BCUT2D eigenvalue weighted by atomic mass is 10.00. The Hall–Kier alpha value is -2.76. The van der Waals surface area contributed by atoms with E-state index in [1.807, 2.05) is 31.5 Å². The van der Waals surface area contributed by atoms with Crippen molar-refractivity contribution in [1.29, 1.82) is 0 Å². The summed E-state index contributed by atoms with van der Waals surface area (Å²) in [6.45, 7) is 4.24. The van der Waals surface area contributed by atoms with Gasteiger partial charge in [-0.05, 0) is 49.1 Å². The first kappa shape index (κ1) is 23.9. The van der Waals surface area contributed by atoms with Crippen LogP contribution in [0.15, 0.2) is 36.7 Å². The number of carbonyl (C=O) groups excluding carboxylic acids is 2. The van der Waals surface area contributed by atoms with E-state index in [-0.39, 0.29) is 11.9 Å². The Kier molecular flexibility index (Phi) is 9.20. The van der Waals surface area contributed by atoms with Crippen LogP contribution in [0.1, 0.15) is 77.2 Å². The van der Waals surface area contributed by atoms with E-state index >= 15 is 0 Å². The van der Waals surface area contributed by atoms with Crippen LogP contribution in [0, 0.1) is 5.92 Å². The molecule has 6 nitrogen and oxygen atoms in total. The van der Waals surface area contributed by atoms with Gasteiger partial charge in [0, 0.05) is 24.4 Å². The fourth-order valence-corrected chi connectivity index (χ4v) is 3.96. The van der Waals surface area contributed by atoms with E-state index in [4.69, 9.17) is 9.47 Å². The van der Waals surface area contributed by atoms with Crippen molar-refractivity contribution >= 4 is 11.9 Å². The summed E-state index contributed by atoms with van der Waals surface area (Å²) in [5.74, 6) is 0.0116. The Morgan fingerprint density at radius 1 is 1.00 bits per heavy atom. The zero-order valence-corrected chi connectivity index (χ0v) is 19.2. The van der Waals surface area contributed by atoms with E-state index in [1.165, 1.54) is 38.5 Å². The molecule has 0 N–H and O–H groups in total. The minimum Gasteiger partial charge on any atom is -0.450 e. The molecule has 3 rings (SSSR count). The standard InChI is InChI=1S/C26H34N2O4/c1-3-5-6-7-8-9-11-19-17-27-24(28-18-19)20-12-14-22(15-13-20)31-26(30)23-16-21(10-4-2)25(29)32-23/h12-15,17-18,21,23H,3-11,16H2,1-2H3/t21-,23-/m0/s1. The van der Waals surface area contributed by atoms with E-state index in [0.29, 0.717) is 18.0 Å². The Bertz CT molecular complexity index is 864. The van der Waals surface area contributed by atoms with Crippen LogP contribution >= 0.6 is 0 Å². The summed E-state index contributed by atoms with van der Waals surface area (Å²) in [6.07, 6.45) is 13.6. The van der Waals surface area contributed by atoms with Crippen molar-refractivity contribution in [3.05, 3.63) is 42.2 Å². The third kappa shape index (κ3) is 6.87. The topological polar surface area (TPSA) is 78.4 Å². The molecule has 2 heterocycles. The van der Waals surface area contributed by atoms with Gasteiger partial charge in [0.05, 0.1) is 5.92 Å². The van der Waals surface area contributed by atoms with Crippen molar-refractivity contribution in [1.82, 2.24) is 9.97 Å². The highest BCUT2D eigenvalue weighted by atomic mass is 16.6. The van der Waals surface area contributed by atoms with Crippen molar-refractivity contribution < 1.29 is 19.1 Å². The largest absolute Gasteiger partial charge is 0.450 e. The summed E-state index contributed by atoms with van der Waals surface area (Å²) in [4.78, 5) is 33.1. The molecule has 0 radical (unpaired) electrons. The molecular weight excluding hydrogens is 404 g/mol. The van der Waals surface area contributed by atoms with E-state index in [1.54, 1.807) is 12.1 Å². The van der Waals surface area contributed by atoms with Crippen LogP contribution in [0.3, 0.4) is 0 Å². The van der Waals surface area contributed by atoms with E-state index in [2.05, 4.69) is 16.9 Å². The lowest BCUT2D eigenvalue weighted by Gasteiger charge is -2.09. The quantitative estimate of drug-likeness (QED) is 0.241. The molecule has 0 unspecified atom stereocenters. The molecule has 1 fully saturated rings. The molecule has 6 heteroatoms. The maximum Gasteiger partial charge on any atom is 0.352 e. The predicted octanol–water partition coefficient (Wildman–Crippen LogP) is 5.68. The zero-order chi connectivity index (χ0) is 22.8. The first-order valence-corrected chi connectivity index (χ1v) is 11.9. The normalized spacial score (nSPS) is 17.9. The van der Waals surface area contributed by atoms with Crippen LogP contribution in [-0.4, -0.2) is 28.0 Å². The van der Waals surface area contributed by atoms with Crippen LogP contribution in [0.5, 0.6) is 5.75 Å². The summed E-state index contributed by atoms with van der Waals surface area (Å²) in [7, 11) is 0. The van der Waals surface area contributed by atoms with Gasteiger partial charge in [0.15, 0.2) is 11.9 Å². The fourth-order valence-electron chi connectivity index (χ4n) is 3.96. The van der Waals surface area contributed by atoms with Crippen molar-refractivity contribution in [3.63, 3.8) is 0 Å². The highest BCUT2D eigenvalue weighted by Gasteiger charge is 2.39. The molecule has 1 aliphatic rings. The number of esters is 2. The molecule has 2 aromatic rings. The summed E-state index contributed by atoms with van der Waals surface area (Å²) < 4.78 is 10.6. The Morgan fingerprint density at radius 2 is 1.69 bits per heavy atom. The lowest BCUT2D eigenvalue weighted by molar-refractivity contribution is -0.156. The second kappa shape index (κ2) is 12.3. The van der Waals surface area contributed by atoms with Crippen LogP contribution < -0.4 is 4.74 Å². The number of aromatic nitrogens is 2. The van der Waals surface area contributed by atoms with Gasteiger partial charge < -0.3 is 9.47 Å². The van der Waals surface area contributed by atoms with Gasteiger partial charge >= 0.3 is 11.9 Å². The molecular formula is C26H34N2O4. The number of hydrogen-bond acceptors (Lipinski definition) is 6. The molecule has 1 aromatic carbocycles. The summed E-state index contributed by atoms with van der Waals surface area (Å²) in [6, 6.07) is 7.07. The van der Waals surface area contributed by atoms with Crippen molar-refractivity contribution in [2.45, 2.75) is 84.2 Å². The van der Waals surface area contributed by atoms with E-state index in [9.17, 15) is 9.59 Å². The Balaban J connectivity index is 1.48. The van der Waals surface area contributed by atoms with E-state index in [0.717, 1.165) is 30.4 Å². The van der Waals surface area contributed by atoms with Crippen LogP contribution in [0.25, 0.3) is 11.4 Å². The van der Waals surface area contributed by atoms with Gasteiger partial charge in [0.25, 0.3) is 0 Å². The number of benzene rings is 1. The fraction of sp³-hybridized carbons (Fsp3) is 0.538. The lowest BCUT2D eigenvalue weighted by Crippen LogP contribution is -2.25. The van der Waals surface area contributed by atoms with Gasteiger partial charge in [0.1, 0.15) is 5.75 Å². The first-order valence-electron chi connectivity index (χ1n) is 11.9. The predicted molar refractivity (Wildman–Crippen MR) is 123 cm³/mol. The number of aryl methyl sites for hydroxylation is 1. The molecule has 1 aliphatic heterocycles. The molecule has 172 valence electrons. The molecule has 0 saturated carbocycles. The van der Waals surface area contributed by atoms with Gasteiger partial charge in [-0.2, -0.15) is 0 Å². The molecule has 0 amide bonds. The molecule has 0 spiro atoms. The Morgan fingerprint density at radius 3 is 2.38 bits per heavy atom. The zero-order valence-electron chi connectivity index (χ0n) is 19.2. The smallest absolute Gasteiger partial charge is 0.352 e. The SMILES string of the molecule is CCCCCCCCc1cnc(-c2ccc(OC(=O)[C@@H]3C[C@H](CCC)C(=O)O3)cc2)nc1. The monoisotopic (exact) mass is 438 g/mol. The number of unbranched alkanes of at least 4 members (excludes halogenated alkanes) is 5. The van der Waals surface area contributed by atoms with Gasteiger partial charge in [-0.25, -0.2) is 14.8 Å². The van der Waals surface area contributed by atoms with Crippen molar-refractivity contribution in [2.24, 2.45) is 5.92 Å². The van der Waals surface area contributed by atoms with Crippen LogP contribution in [-0.2, 0) is 20.7 Å². The van der Waals surface area contributed by atoms with Gasteiger partial charge in [0.2, 0.25) is 0 Å². The van der Waals surface area contributed by atoms with Crippen LogP contribution in [0.2, 0.25) is 0 Å². The number of hydrogen-bond donors (Lipinski definition) is 0. The third-order valence-electron chi connectivity index (χ3n) is 5.85. The van der Waals surface area contributed by atoms with Gasteiger partial charge in [-0.3, -0.25) is 4.79 Å². The number of cyclic esters (lactones) is 1. The van der Waals surface area contributed by atoms with Crippen molar-refractivity contribution in [2.75, 3.05) is 0 Å². The maximum atomic E-state index is 12.3. The second-order valence-electron chi connectivity index (χ2n) is 8.52. The molecule has 1 aromatic heterocycles. The summed E-state index contributed by atoms with van der Waals surface area (Å²) in [5.41, 5.74) is 2.01. The molecule has 0 bridgehead atoms. The summed E-state index contributed by atoms with van der Waals surface area (Å²) in [5, 5.41) is 0. The molecule has 1 saturated heterocycles. The van der Waals surface area contributed by atoms with E-state index < -0.39 is 12.1 Å². The van der Waals surface area contributed by atoms with Crippen LogP contribution in [0.4, 0.5) is 0 Å². The van der Waals surface area contributed by atoms with Crippen molar-refractivity contribution in [3.8, 4) is 17.1 Å². The summed E-state index contributed by atoms with van der Waals surface area (Å²) >= 11 is 0. The highest BCUT2D eigenvalue weighted by molar-refractivity contribution is 5.85. The maximum absolute atomic E-state index is 12.3.